The summed E-state index contributed by atoms with van der Waals surface area (Å²) in [5.74, 6) is 0. The van der Waals surface area contributed by atoms with Crippen LogP contribution in [-0.4, -0.2) is 35.1 Å². The van der Waals surface area contributed by atoms with Crippen molar-refractivity contribution in [1.29, 1.82) is 0 Å². The zero-order valence-electron chi connectivity index (χ0n) is 12.4. The van der Waals surface area contributed by atoms with Gasteiger partial charge in [0.15, 0.2) is 0 Å². The highest BCUT2D eigenvalue weighted by Gasteiger charge is 2.39. The fraction of sp³-hybridized carbons (Fsp3) is 0.688. The second kappa shape index (κ2) is 6.88. The minimum absolute atomic E-state index is 0. The molecule has 1 aromatic heterocycles. The molecule has 2 fully saturated rings. The minimum atomic E-state index is 0. The third kappa shape index (κ3) is 3.33. The summed E-state index contributed by atoms with van der Waals surface area (Å²) >= 11 is 0. The van der Waals surface area contributed by atoms with E-state index in [1.165, 1.54) is 49.9 Å². The molecule has 0 radical (unpaired) electrons. The summed E-state index contributed by atoms with van der Waals surface area (Å²) in [5.41, 5.74) is 2.87. The van der Waals surface area contributed by atoms with Crippen molar-refractivity contribution in [1.82, 2.24) is 15.2 Å². The number of rotatable bonds is 2. The lowest BCUT2D eigenvalue weighted by Crippen LogP contribution is -2.61. The van der Waals surface area contributed by atoms with E-state index in [4.69, 9.17) is 0 Å². The molecule has 2 aliphatic rings. The van der Waals surface area contributed by atoms with Crippen LogP contribution >= 0.6 is 12.4 Å². The average Bonchev–Trinajstić information content (AvgIpc) is 2.45. The maximum Gasteiger partial charge on any atom is 0.0544 e. The Morgan fingerprint density at radius 2 is 2.05 bits per heavy atom. The number of nitrogens with one attached hydrogen (secondary N) is 1. The van der Waals surface area contributed by atoms with E-state index in [1.807, 2.05) is 6.20 Å². The fourth-order valence-electron chi connectivity index (χ4n) is 3.62. The van der Waals surface area contributed by atoms with Crippen molar-refractivity contribution >= 4 is 12.4 Å². The van der Waals surface area contributed by atoms with Gasteiger partial charge in [-0.1, -0.05) is 25.3 Å². The van der Waals surface area contributed by atoms with Gasteiger partial charge in [-0.3, -0.25) is 9.88 Å². The summed E-state index contributed by atoms with van der Waals surface area (Å²) in [6, 6.07) is 4.37. The number of piperazine rings is 1. The smallest absolute Gasteiger partial charge is 0.0544 e. The Hall–Kier alpha value is -0.640. The number of halogens is 1. The summed E-state index contributed by atoms with van der Waals surface area (Å²) in [6.45, 7) is 6.56. The van der Waals surface area contributed by atoms with E-state index in [-0.39, 0.29) is 12.4 Å². The largest absolute Gasteiger partial charge is 0.314 e. The lowest BCUT2D eigenvalue weighted by atomic mass is 9.79. The molecule has 0 aromatic carbocycles. The van der Waals surface area contributed by atoms with Crippen LogP contribution in [0.1, 0.15) is 43.4 Å². The SMILES string of the molecule is Cc1ccc(CN2CCNCC23CCCCC3)nc1.Cl. The summed E-state index contributed by atoms with van der Waals surface area (Å²) in [4.78, 5) is 7.28. The fourth-order valence-corrected chi connectivity index (χ4v) is 3.62. The Labute approximate surface area is 128 Å². The van der Waals surface area contributed by atoms with E-state index in [2.05, 4.69) is 34.3 Å². The van der Waals surface area contributed by atoms with Crippen LogP contribution in [0.15, 0.2) is 18.3 Å². The highest BCUT2D eigenvalue weighted by atomic mass is 35.5. The van der Waals surface area contributed by atoms with Crippen molar-refractivity contribution in [2.24, 2.45) is 0 Å². The van der Waals surface area contributed by atoms with Gasteiger partial charge in [-0.05, 0) is 31.4 Å². The normalized spacial score (nSPS) is 22.4. The number of pyridine rings is 1. The predicted octanol–water partition coefficient (Wildman–Crippen LogP) is 2.92. The topological polar surface area (TPSA) is 28.2 Å². The number of aromatic nitrogens is 1. The molecule has 1 aliphatic carbocycles. The van der Waals surface area contributed by atoms with Gasteiger partial charge in [0.1, 0.15) is 0 Å². The van der Waals surface area contributed by atoms with Gasteiger partial charge in [0.2, 0.25) is 0 Å². The molecule has 0 amide bonds. The molecule has 3 rings (SSSR count). The van der Waals surface area contributed by atoms with E-state index in [0.717, 1.165) is 19.6 Å². The number of aryl methyl sites for hydroxylation is 1. The first kappa shape index (κ1) is 15.7. The zero-order valence-corrected chi connectivity index (χ0v) is 13.2. The molecule has 1 spiro atoms. The second-order valence-corrected chi connectivity index (χ2v) is 6.21. The van der Waals surface area contributed by atoms with Gasteiger partial charge >= 0.3 is 0 Å². The summed E-state index contributed by atoms with van der Waals surface area (Å²) in [6.07, 6.45) is 8.89. The maximum absolute atomic E-state index is 4.59. The molecule has 1 aromatic rings. The highest BCUT2D eigenvalue weighted by Crippen LogP contribution is 2.35. The zero-order chi connectivity index (χ0) is 13.1. The molecule has 1 N–H and O–H groups in total. The van der Waals surface area contributed by atoms with Crippen LogP contribution in [0.5, 0.6) is 0 Å². The Kier molecular flexibility index (Phi) is 5.42. The minimum Gasteiger partial charge on any atom is -0.314 e. The van der Waals surface area contributed by atoms with Crippen LogP contribution in [0.25, 0.3) is 0 Å². The summed E-state index contributed by atoms with van der Waals surface area (Å²) in [5, 5.41) is 3.61. The van der Waals surface area contributed by atoms with Crippen molar-refractivity contribution in [2.45, 2.75) is 51.1 Å². The molecule has 1 saturated carbocycles. The molecule has 4 heteroatoms. The third-order valence-electron chi connectivity index (χ3n) is 4.79. The first-order valence-electron chi connectivity index (χ1n) is 7.66. The van der Waals surface area contributed by atoms with Gasteiger partial charge in [0.25, 0.3) is 0 Å². The van der Waals surface area contributed by atoms with E-state index in [0.29, 0.717) is 5.54 Å². The average molecular weight is 296 g/mol. The van der Waals surface area contributed by atoms with Gasteiger partial charge in [-0.15, -0.1) is 12.4 Å². The molecule has 112 valence electrons. The van der Waals surface area contributed by atoms with Crippen LogP contribution in [0, 0.1) is 6.92 Å². The molecular weight excluding hydrogens is 270 g/mol. The second-order valence-electron chi connectivity index (χ2n) is 6.21. The summed E-state index contributed by atoms with van der Waals surface area (Å²) < 4.78 is 0. The molecule has 3 nitrogen and oxygen atoms in total. The lowest BCUT2D eigenvalue weighted by Gasteiger charge is -2.49. The molecule has 1 aliphatic heterocycles. The van der Waals surface area contributed by atoms with E-state index < -0.39 is 0 Å². The Bertz CT molecular complexity index is 404. The van der Waals surface area contributed by atoms with Gasteiger partial charge < -0.3 is 5.32 Å². The van der Waals surface area contributed by atoms with E-state index in [1.54, 1.807) is 0 Å². The van der Waals surface area contributed by atoms with E-state index >= 15 is 0 Å². The first-order valence-corrected chi connectivity index (χ1v) is 7.66. The van der Waals surface area contributed by atoms with Gasteiger partial charge in [-0.25, -0.2) is 0 Å². The van der Waals surface area contributed by atoms with Crippen LogP contribution in [-0.2, 0) is 6.54 Å². The lowest BCUT2D eigenvalue weighted by molar-refractivity contribution is 0.0199. The molecule has 0 atom stereocenters. The van der Waals surface area contributed by atoms with Crippen LogP contribution in [0.2, 0.25) is 0 Å². The Balaban J connectivity index is 0.00000147. The number of hydrogen-bond acceptors (Lipinski definition) is 3. The number of hydrogen-bond donors (Lipinski definition) is 1. The van der Waals surface area contributed by atoms with Crippen molar-refractivity contribution in [3.05, 3.63) is 29.6 Å². The number of nitrogens with zero attached hydrogens (tertiary/aromatic N) is 2. The van der Waals surface area contributed by atoms with Gasteiger partial charge in [0, 0.05) is 37.9 Å². The van der Waals surface area contributed by atoms with Gasteiger partial charge in [-0.2, -0.15) is 0 Å². The van der Waals surface area contributed by atoms with Crippen molar-refractivity contribution in [2.75, 3.05) is 19.6 Å². The highest BCUT2D eigenvalue weighted by molar-refractivity contribution is 5.85. The third-order valence-corrected chi connectivity index (χ3v) is 4.79. The molecule has 0 unspecified atom stereocenters. The maximum atomic E-state index is 4.59. The van der Waals surface area contributed by atoms with Gasteiger partial charge in [0.05, 0.1) is 5.69 Å². The predicted molar refractivity (Wildman–Crippen MR) is 85.3 cm³/mol. The van der Waals surface area contributed by atoms with E-state index in [9.17, 15) is 0 Å². The van der Waals surface area contributed by atoms with Crippen molar-refractivity contribution in [3.63, 3.8) is 0 Å². The standard InChI is InChI=1S/C16H25N3.ClH/c1-14-5-6-15(18-11-14)12-19-10-9-17-13-16(19)7-3-2-4-8-16;/h5-6,11,17H,2-4,7-10,12-13H2,1H3;1H. The molecule has 1 saturated heterocycles. The summed E-state index contributed by atoms with van der Waals surface area (Å²) in [7, 11) is 0. The van der Waals surface area contributed by atoms with Crippen LogP contribution in [0.4, 0.5) is 0 Å². The molecule has 0 bridgehead atoms. The molecular formula is C16H26ClN3. The van der Waals surface area contributed by atoms with Crippen molar-refractivity contribution in [3.8, 4) is 0 Å². The van der Waals surface area contributed by atoms with Crippen LogP contribution < -0.4 is 5.32 Å². The Morgan fingerprint density at radius 1 is 1.25 bits per heavy atom. The van der Waals surface area contributed by atoms with Crippen molar-refractivity contribution < 1.29 is 0 Å². The first-order chi connectivity index (χ1) is 9.28. The molecule has 2 heterocycles. The van der Waals surface area contributed by atoms with Crippen LogP contribution in [0.3, 0.4) is 0 Å². The quantitative estimate of drug-likeness (QED) is 0.909. The monoisotopic (exact) mass is 295 g/mol. The Morgan fingerprint density at radius 3 is 2.75 bits per heavy atom. The molecule has 20 heavy (non-hydrogen) atoms.